The Kier molecular flexibility index (Phi) is 2.18. The summed E-state index contributed by atoms with van der Waals surface area (Å²) in [6.45, 7) is 1.17. The second kappa shape index (κ2) is 3.49. The van der Waals surface area contributed by atoms with E-state index in [2.05, 4.69) is 9.97 Å². The van der Waals surface area contributed by atoms with Crippen LogP contribution in [0.15, 0.2) is 12.3 Å². The molecule has 0 aliphatic carbocycles. The molecule has 0 bridgehead atoms. The molecule has 1 aliphatic heterocycles. The number of carbonyl (C=O) groups is 1. The Morgan fingerprint density at radius 2 is 2.46 bits per heavy atom. The van der Waals surface area contributed by atoms with Gasteiger partial charge < -0.3 is 9.47 Å². The third-order valence-corrected chi connectivity index (χ3v) is 1.65. The van der Waals surface area contributed by atoms with Crippen molar-refractivity contribution in [3.05, 3.63) is 18.1 Å². The molecule has 1 aliphatic rings. The lowest BCUT2D eigenvalue weighted by Crippen LogP contribution is -2.38. The van der Waals surface area contributed by atoms with Crippen molar-refractivity contribution >= 4 is 6.29 Å². The molecule has 0 spiro atoms. The van der Waals surface area contributed by atoms with Crippen LogP contribution in [-0.2, 0) is 4.74 Å². The molecule has 0 radical (unpaired) electrons. The van der Waals surface area contributed by atoms with Crippen molar-refractivity contribution in [3.63, 3.8) is 0 Å². The Labute approximate surface area is 74.7 Å². The van der Waals surface area contributed by atoms with Gasteiger partial charge in [-0.3, -0.25) is 4.79 Å². The van der Waals surface area contributed by atoms with E-state index in [4.69, 9.17) is 9.47 Å². The summed E-state index contributed by atoms with van der Waals surface area (Å²) in [5.41, 5.74) is 0. The van der Waals surface area contributed by atoms with Gasteiger partial charge in [0, 0.05) is 12.3 Å². The summed E-state index contributed by atoms with van der Waals surface area (Å²) in [5, 5.41) is 0. The number of ether oxygens (including phenoxy) is 2. The zero-order valence-corrected chi connectivity index (χ0v) is 6.84. The van der Waals surface area contributed by atoms with E-state index in [1.165, 1.54) is 6.20 Å². The molecule has 1 saturated heterocycles. The third-order valence-electron chi connectivity index (χ3n) is 1.65. The number of aromatic nitrogens is 2. The maximum Gasteiger partial charge on any atom is 0.217 e. The molecule has 13 heavy (non-hydrogen) atoms. The lowest BCUT2D eigenvalue weighted by Gasteiger charge is -2.25. The highest BCUT2D eigenvalue weighted by molar-refractivity contribution is 5.68. The lowest BCUT2D eigenvalue weighted by atomic mass is 10.3. The second-order valence-corrected chi connectivity index (χ2v) is 2.65. The van der Waals surface area contributed by atoms with Crippen molar-refractivity contribution in [1.82, 2.24) is 9.97 Å². The molecule has 0 amide bonds. The van der Waals surface area contributed by atoms with E-state index < -0.39 is 0 Å². The first-order chi connectivity index (χ1) is 6.38. The number of carbonyl (C=O) groups excluding carboxylic acids is 1. The van der Waals surface area contributed by atoms with Crippen LogP contribution in [-0.4, -0.2) is 35.6 Å². The maximum atomic E-state index is 10.3. The Balaban J connectivity index is 2.05. The minimum absolute atomic E-state index is 0.0643. The topological polar surface area (TPSA) is 61.3 Å². The van der Waals surface area contributed by atoms with Crippen LogP contribution >= 0.6 is 0 Å². The van der Waals surface area contributed by atoms with E-state index in [1.807, 2.05) is 0 Å². The lowest BCUT2D eigenvalue weighted by molar-refractivity contribution is -0.0814. The molecular formula is C8H8N2O3. The van der Waals surface area contributed by atoms with Crippen LogP contribution in [0.5, 0.6) is 5.88 Å². The molecule has 0 unspecified atom stereocenters. The number of aldehydes is 1. The minimum Gasteiger partial charge on any atom is -0.469 e. The van der Waals surface area contributed by atoms with E-state index in [1.54, 1.807) is 6.07 Å². The standard InChI is InChI=1S/C8H8N2O3/c11-3-7-9-2-1-8(10-7)13-6-4-12-5-6/h1-3,6H,4-5H2. The van der Waals surface area contributed by atoms with Crippen LogP contribution in [0.3, 0.4) is 0 Å². The molecule has 2 heterocycles. The Morgan fingerprint density at radius 1 is 1.62 bits per heavy atom. The van der Waals surface area contributed by atoms with E-state index in [9.17, 15) is 4.79 Å². The molecule has 1 fully saturated rings. The Hall–Kier alpha value is -1.49. The quantitative estimate of drug-likeness (QED) is 0.616. The predicted octanol–water partition coefficient (Wildman–Crippen LogP) is 0.0667. The molecule has 1 aromatic rings. The largest absolute Gasteiger partial charge is 0.469 e. The average Bonchev–Trinajstić information content (AvgIpc) is 2.12. The highest BCUT2D eigenvalue weighted by atomic mass is 16.6. The van der Waals surface area contributed by atoms with Gasteiger partial charge in [0.15, 0.2) is 12.1 Å². The summed E-state index contributed by atoms with van der Waals surface area (Å²) in [6, 6.07) is 1.62. The Bertz CT molecular complexity index is 312. The zero-order valence-electron chi connectivity index (χ0n) is 6.84. The van der Waals surface area contributed by atoms with Gasteiger partial charge in [0.05, 0.1) is 13.2 Å². The maximum absolute atomic E-state index is 10.3. The van der Waals surface area contributed by atoms with Crippen molar-refractivity contribution in [2.75, 3.05) is 13.2 Å². The van der Waals surface area contributed by atoms with Crippen molar-refractivity contribution in [2.24, 2.45) is 0 Å². The van der Waals surface area contributed by atoms with Crippen LogP contribution in [0, 0.1) is 0 Å². The normalized spacial score (nSPS) is 16.3. The molecule has 0 saturated carbocycles. The van der Waals surface area contributed by atoms with Gasteiger partial charge in [-0.05, 0) is 0 Å². The molecule has 0 N–H and O–H groups in total. The Morgan fingerprint density at radius 3 is 3.08 bits per heavy atom. The highest BCUT2D eigenvalue weighted by Gasteiger charge is 2.20. The van der Waals surface area contributed by atoms with Crippen LogP contribution in [0.4, 0.5) is 0 Å². The second-order valence-electron chi connectivity index (χ2n) is 2.65. The fourth-order valence-electron chi connectivity index (χ4n) is 0.932. The molecule has 5 heteroatoms. The van der Waals surface area contributed by atoms with Gasteiger partial charge in [-0.25, -0.2) is 4.98 Å². The van der Waals surface area contributed by atoms with Crippen molar-refractivity contribution < 1.29 is 14.3 Å². The number of hydrogen-bond acceptors (Lipinski definition) is 5. The number of hydrogen-bond donors (Lipinski definition) is 0. The van der Waals surface area contributed by atoms with E-state index >= 15 is 0 Å². The summed E-state index contributed by atoms with van der Waals surface area (Å²) >= 11 is 0. The van der Waals surface area contributed by atoms with Gasteiger partial charge in [-0.1, -0.05) is 0 Å². The molecule has 2 rings (SSSR count). The van der Waals surface area contributed by atoms with E-state index in [0.717, 1.165) is 0 Å². The fourth-order valence-corrected chi connectivity index (χ4v) is 0.932. The first-order valence-electron chi connectivity index (χ1n) is 3.91. The summed E-state index contributed by atoms with van der Waals surface area (Å²) < 4.78 is 10.3. The molecule has 0 atom stereocenters. The molecule has 1 aromatic heterocycles. The predicted molar refractivity (Wildman–Crippen MR) is 42.7 cm³/mol. The van der Waals surface area contributed by atoms with E-state index in [0.29, 0.717) is 25.4 Å². The first kappa shape index (κ1) is 8.12. The van der Waals surface area contributed by atoms with Gasteiger partial charge in [0.1, 0.15) is 6.10 Å². The molecule has 5 nitrogen and oxygen atoms in total. The molecule has 0 aromatic carbocycles. The van der Waals surface area contributed by atoms with Crippen LogP contribution < -0.4 is 4.74 Å². The summed E-state index contributed by atoms with van der Waals surface area (Å²) in [6.07, 6.45) is 2.14. The molecule has 68 valence electrons. The average molecular weight is 180 g/mol. The van der Waals surface area contributed by atoms with Gasteiger partial charge in [0.25, 0.3) is 0 Å². The third kappa shape index (κ3) is 1.81. The SMILES string of the molecule is O=Cc1nccc(OC2COC2)n1. The summed E-state index contributed by atoms with van der Waals surface area (Å²) in [7, 11) is 0. The summed E-state index contributed by atoms with van der Waals surface area (Å²) in [4.78, 5) is 17.9. The van der Waals surface area contributed by atoms with E-state index in [-0.39, 0.29) is 11.9 Å². The highest BCUT2D eigenvalue weighted by Crippen LogP contribution is 2.11. The number of rotatable bonds is 3. The van der Waals surface area contributed by atoms with Gasteiger partial charge in [0.2, 0.25) is 5.88 Å². The van der Waals surface area contributed by atoms with Crippen LogP contribution in [0.1, 0.15) is 10.6 Å². The van der Waals surface area contributed by atoms with Gasteiger partial charge in [-0.2, -0.15) is 4.98 Å². The monoisotopic (exact) mass is 180 g/mol. The minimum atomic E-state index is 0.0643. The van der Waals surface area contributed by atoms with Gasteiger partial charge in [-0.15, -0.1) is 0 Å². The molecular weight excluding hydrogens is 172 g/mol. The first-order valence-corrected chi connectivity index (χ1v) is 3.91. The fraction of sp³-hybridized carbons (Fsp3) is 0.375. The zero-order chi connectivity index (χ0) is 9.10. The van der Waals surface area contributed by atoms with Crippen molar-refractivity contribution in [2.45, 2.75) is 6.10 Å². The van der Waals surface area contributed by atoms with Crippen molar-refractivity contribution in [1.29, 1.82) is 0 Å². The smallest absolute Gasteiger partial charge is 0.217 e. The van der Waals surface area contributed by atoms with Crippen LogP contribution in [0.2, 0.25) is 0 Å². The van der Waals surface area contributed by atoms with Crippen LogP contribution in [0.25, 0.3) is 0 Å². The number of nitrogens with zero attached hydrogens (tertiary/aromatic N) is 2. The summed E-state index contributed by atoms with van der Waals surface area (Å²) in [5.74, 6) is 0.558. The van der Waals surface area contributed by atoms with Crippen molar-refractivity contribution in [3.8, 4) is 5.88 Å². The van der Waals surface area contributed by atoms with Gasteiger partial charge >= 0.3 is 0 Å².